The van der Waals surface area contributed by atoms with Crippen molar-refractivity contribution in [3.63, 3.8) is 0 Å². The molecule has 122 valence electrons. The van der Waals surface area contributed by atoms with Gasteiger partial charge in [0.05, 0.1) is 6.10 Å². The van der Waals surface area contributed by atoms with Gasteiger partial charge in [0.25, 0.3) is 5.91 Å². The van der Waals surface area contributed by atoms with Gasteiger partial charge in [-0.25, -0.2) is 0 Å². The number of amides is 1. The second-order valence-corrected chi connectivity index (χ2v) is 7.25. The van der Waals surface area contributed by atoms with Gasteiger partial charge < -0.3 is 9.64 Å². The molecule has 1 fully saturated rings. The van der Waals surface area contributed by atoms with Crippen LogP contribution >= 0.6 is 11.3 Å². The number of ether oxygens (including phenoxy) is 1. The standard InChI is InChI=1S/C19H23NO2S/c1-14(2)22-17-7-5-16(6-8-17)19(21)20-11-9-15(10-12-20)18-4-3-13-23-18/h3-8,13-15H,9-12H2,1-2H3. The minimum absolute atomic E-state index is 0.130. The molecule has 4 heteroatoms. The molecule has 0 saturated carbocycles. The molecule has 1 amide bonds. The zero-order valence-electron chi connectivity index (χ0n) is 13.7. The molecule has 1 aromatic carbocycles. The van der Waals surface area contributed by atoms with Crippen molar-refractivity contribution in [3.8, 4) is 5.75 Å². The van der Waals surface area contributed by atoms with Crippen LogP contribution < -0.4 is 4.74 Å². The summed E-state index contributed by atoms with van der Waals surface area (Å²) in [5.74, 6) is 1.56. The van der Waals surface area contributed by atoms with E-state index in [1.807, 2.05) is 54.3 Å². The molecule has 1 aliphatic heterocycles. The molecule has 1 aliphatic rings. The maximum Gasteiger partial charge on any atom is 0.253 e. The molecule has 2 aromatic rings. The van der Waals surface area contributed by atoms with E-state index in [2.05, 4.69) is 17.5 Å². The Kier molecular flexibility index (Phi) is 5.01. The van der Waals surface area contributed by atoms with Crippen LogP contribution in [0.5, 0.6) is 5.75 Å². The molecule has 3 rings (SSSR count). The van der Waals surface area contributed by atoms with Crippen LogP contribution in [0.15, 0.2) is 41.8 Å². The number of benzene rings is 1. The zero-order chi connectivity index (χ0) is 16.2. The Bertz CT molecular complexity index is 626. The third kappa shape index (κ3) is 3.94. The van der Waals surface area contributed by atoms with Crippen LogP contribution in [-0.4, -0.2) is 30.0 Å². The van der Waals surface area contributed by atoms with Crippen molar-refractivity contribution >= 4 is 17.2 Å². The molecule has 0 aliphatic carbocycles. The van der Waals surface area contributed by atoms with E-state index >= 15 is 0 Å². The number of hydrogen-bond acceptors (Lipinski definition) is 3. The van der Waals surface area contributed by atoms with Gasteiger partial charge in [0.2, 0.25) is 0 Å². The fraction of sp³-hybridized carbons (Fsp3) is 0.421. The van der Waals surface area contributed by atoms with E-state index < -0.39 is 0 Å². The first-order valence-electron chi connectivity index (χ1n) is 8.23. The largest absolute Gasteiger partial charge is 0.491 e. The molecular weight excluding hydrogens is 306 g/mol. The maximum absolute atomic E-state index is 12.6. The minimum Gasteiger partial charge on any atom is -0.491 e. The minimum atomic E-state index is 0.130. The predicted octanol–water partition coefficient (Wildman–Crippen LogP) is 4.56. The average molecular weight is 329 g/mol. The summed E-state index contributed by atoms with van der Waals surface area (Å²) in [7, 11) is 0. The van der Waals surface area contributed by atoms with Crippen LogP contribution in [0.4, 0.5) is 0 Å². The molecule has 1 saturated heterocycles. The summed E-state index contributed by atoms with van der Waals surface area (Å²) in [6.07, 6.45) is 2.26. The molecule has 0 N–H and O–H groups in total. The third-order valence-corrected chi connectivity index (χ3v) is 5.24. The highest BCUT2D eigenvalue weighted by Gasteiger charge is 2.25. The van der Waals surface area contributed by atoms with Gasteiger partial charge in [0, 0.05) is 23.5 Å². The van der Waals surface area contributed by atoms with Crippen LogP contribution in [0, 0.1) is 0 Å². The molecule has 0 bridgehead atoms. The van der Waals surface area contributed by atoms with Crippen molar-refractivity contribution in [3.05, 3.63) is 52.2 Å². The quantitative estimate of drug-likeness (QED) is 0.823. The van der Waals surface area contributed by atoms with E-state index in [1.54, 1.807) is 0 Å². The normalized spacial score (nSPS) is 15.9. The Morgan fingerprint density at radius 1 is 1.17 bits per heavy atom. The average Bonchev–Trinajstić information content (AvgIpc) is 3.09. The van der Waals surface area contributed by atoms with Gasteiger partial charge in [-0.1, -0.05) is 6.07 Å². The van der Waals surface area contributed by atoms with E-state index in [-0.39, 0.29) is 12.0 Å². The molecule has 3 nitrogen and oxygen atoms in total. The summed E-state index contributed by atoms with van der Waals surface area (Å²) in [5, 5.41) is 2.13. The Hall–Kier alpha value is -1.81. The molecule has 23 heavy (non-hydrogen) atoms. The third-order valence-electron chi connectivity index (χ3n) is 4.20. The predicted molar refractivity (Wildman–Crippen MR) is 94.4 cm³/mol. The van der Waals surface area contributed by atoms with Crippen molar-refractivity contribution in [1.82, 2.24) is 4.90 Å². The first kappa shape index (κ1) is 16.1. The van der Waals surface area contributed by atoms with Gasteiger partial charge in [-0.05, 0) is 68.3 Å². The fourth-order valence-electron chi connectivity index (χ4n) is 3.02. The lowest BCUT2D eigenvalue weighted by atomic mass is 9.95. The number of hydrogen-bond donors (Lipinski definition) is 0. The smallest absolute Gasteiger partial charge is 0.253 e. The van der Waals surface area contributed by atoms with E-state index in [0.29, 0.717) is 5.92 Å². The number of thiophene rings is 1. The lowest BCUT2D eigenvalue weighted by molar-refractivity contribution is 0.0713. The van der Waals surface area contributed by atoms with Gasteiger partial charge in [-0.3, -0.25) is 4.79 Å². The van der Waals surface area contributed by atoms with Crippen LogP contribution in [0.2, 0.25) is 0 Å². The zero-order valence-corrected chi connectivity index (χ0v) is 14.5. The lowest BCUT2D eigenvalue weighted by Gasteiger charge is -2.31. The summed E-state index contributed by atoms with van der Waals surface area (Å²) >= 11 is 1.82. The fourth-order valence-corrected chi connectivity index (χ4v) is 3.92. The number of piperidine rings is 1. The van der Waals surface area contributed by atoms with Crippen LogP contribution in [0.25, 0.3) is 0 Å². The number of likely N-dealkylation sites (tertiary alicyclic amines) is 1. The monoisotopic (exact) mass is 329 g/mol. The van der Waals surface area contributed by atoms with Gasteiger partial charge in [-0.2, -0.15) is 0 Å². The molecule has 0 atom stereocenters. The highest BCUT2D eigenvalue weighted by molar-refractivity contribution is 7.10. The molecule has 2 heterocycles. The van der Waals surface area contributed by atoms with Gasteiger partial charge in [-0.15, -0.1) is 11.3 Å². The topological polar surface area (TPSA) is 29.5 Å². The first-order valence-corrected chi connectivity index (χ1v) is 9.11. The molecular formula is C19H23NO2S. The van der Waals surface area contributed by atoms with Crippen molar-refractivity contribution < 1.29 is 9.53 Å². The summed E-state index contributed by atoms with van der Waals surface area (Å²) < 4.78 is 5.63. The number of carbonyl (C=O) groups is 1. The second-order valence-electron chi connectivity index (χ2n) is 6.27. The van der Waals surface area contributed by atoms with E-state index in [0.717, 1.165) is 37.2 Å². The number of carbonyl (C=O) groups excluding carboxylic acids is 1. The second kappa shape index (κ2) is 7.18. The van der Waals surface area contributed by atoms with Crippen molar-refractivity contribution in [2.24, 2.45) is 0 Å². The van der Waals surface area contributed by atoms with Crippen LogP contribution in [-0.2, 0) is 0 Å². The Labute approximate surface area is 141 Å². The van der Waals surface area contributed by atoms with Gasteiger partial charge in [0.1, 0.15) is 5.75 Å². The first-order chi connectivity index (χ1) is 11.1. The van der Waals surface area contributed by atoms with Crippen molar-refractivity contribution in [2.45, 2.75) is 38.7 Å². The van der Waals surface area contributed by atoms with Crippen molar-refractivity contribution in [2.75, 3.05) is 13.1 Å². The van der Waals surface area contributed by atoms with Crippen molar-refractivity contribution in [1.29, 1.82) is 0 Å². The Morgan fingerprint density at radius 3 is 2.43 bits per heavy atom. The molecule has 1 aromatic heterocycles. The number of rotatable bonds is 4. The van der Waals surface area contributed by atoms with E-state index in [1.165, 1.54) is 4.88 Å². The Morgan fingerprint density at radius 2 is 1.87 bits per heavy atom. The Balaban J connectivity index is 1.58. The maximum atomic E-state index is 12.6. The van der Waals surface area contributed by atoms with E-state index in [9.17, 15) is 4.79 Å². The highest BCUT2D eigenvalue weighted by Crippen LogP contribution is 2.31. The summed E-state index contributed by atoms with van der Waals surface area (Å²) in [6, 6.07) is 11.8. The summed E-state index contributed by atoms with van der Waals surface area (Å²) in [6.45, 7) is 5.67. The molecule has 0 radical (unpaired) electrons. The summed E-state index contributed by atoms with van der Waals surface area (Å²) in [5.41, 5.74) is 0.746. The highest BCUT2D eigenvalue weighted by atomic mass is 32.1. The lowest BCUT2D eigenvalue weighted by Crippen LogP contribution is -2.37. The molecule has 0 unspecified atom stereocenters. The SMILES string of the molecule is CC(C)Oc1ccc(C(=O)N2CCC(c3cccs3)CC2)cc1. The van der Waals surface area contributed by atoms with E-state index in [4.69, 9.17) is 4.74 Å². The van der Waals surface area contributed by atoms with Gasteiger partial charge >= 0.3 is 0 Å². The van der Waals surface area contributed by atoms with Gasteiger partial charge in [0.15, 0.2) is 0 Å². The van der Waals surface area contributed by atoms with Crippen LogP contribution in [0.3, 0.4) is 0 Å². The number of nitrogens with zero attached hydrogens (tertiary/aromatic N) is 1. The summed E-state index contributed by atoms with van der Waals surface area (Å²) in [4.78, 5) is 16.0. The molecule has 0 spiro atoms. The van der Waals surface area contributed by atoms with Crippen LogP contribution in [0.1, 0.15) is 47.8 Å².